The van der Waals surface area contributed by atoms with E-state index in [-0.39, 0.29) is 24.1 Å². The minimum Gasteiger partial charge on any atom is -0.292 e. The lowest BCUT2D eigenvalue weighted by molar-refractivity contribution is 0.0981. The van der Waals surface area contributed by atoms with Crippen molar-refractivity contribution >= 4 is 17.4 Å². The van der Waals surface area contributed by atoms with Crippen LogP contribution in [-0.4, -0.2) is 15.6 Å². The van der Waals surface area contributed by atoms with Crippen molar-refractivity contribution in [3.8, 4) is 0 Å². The van der Waals surface area contributed by atoms with Gasteiger partial charge in [-0.1, -0.05) is 23.7 Å². The van der Waals surface area contributed by atoms with E-state index in [2.05, 4.69) is 5.10 Å². The molecule has 1 heterocycles. The van der Waals surface area contributed by atoms with Crippen LogP contribution in [0.25, 0.3) is 0 Å². The molecular weight excluding hydrogens is 267 g/mol. The van der Waals surface area contributed by atoms with Gasteiger partial charge in [-0.05, 0) is 31.5 Å². The number of carbonyl (C=O) groups excluding carboxylic acids is 1. The van der Waals surface area contributed by atoms with Gasteiger partial charge in [0.05, 0.1) is 11.2 Å². The largest absolute Gasteiger partial charge is 0.292 e. The molecule has 0 saturated heterocycles. The fraction of sp³-hybridized carbons (Fsp3) is 0.286. The highest BCUT2D eigenvalue weighted by molar-refractivity contribution is 6.33. The maximum Gasteiger partial charge on any atom is 0.186 e. The number of aromatic nitrogens is 2. The first-order chi connectivity index (χ1) is 8.99. The van der Waals surface area contributed by atoms with E-state index in [1.54, 1.807) is 16.8 Å². The molecule has 0 fully saturated rings. The van der Waals surface area contributed by atoms with Crippen LogP contribution in [0.2, 0.25) is 5.02 Å². The lowest BCUT2D eigenvalue weighted by Gasteiger charge is -2.10. The van der Waals surface area contributed by atoms with Gasteiger partial charge >= 0.3 is 0 Å². The molecule has 5 heteroatoms. The van der Waals surface area contributed by atoms with Crippen molar-refractivity contribution in [1.82, 2.24) is 9.78 Å². The van der Waals surface area contributed by atoms with Gasteiger partial charge in [0.2, 0.25) is 0 Å². The third kappa shape index (κ3) is 3.01. The van der Waals surface area contributed by atoms with Gasteiger partial charge in [-0.3, -0.25) is 9.48 Å². The molecule has 0 bridgehead atoms. The van der Waals surface area contributed by atoms with Gasteiger partial charge in [-0.2, -0.15) is 5.10 Å². The van der Waals surface area contributed by atoms with Crippen molar-refractivity contribution in [3.05, 3.63) is 52.6 Å². The molecule has 1 aromatic carbocycles. The van der Waals surface area contributed by atoms with Crippen molar-refractivity contribution in [2.75, 3.05) is 0 Å². The zero-order valence-corrected chi connectivity index (χ0v) is 11.5. The molecule has 0 saturated carbocycles. The Bertz CT molecular complexity index is 607. The third-order valence-corrected chi connectivity index (χ3v) is 3.03. The molecule has 2 aromatic rings. The molecule has 0 radical (unpaired) electrons. The van der Waals surface area contributed by atoms with Gasteiger partial charge in [-0.25, -0.2) is 4.39 Å². The first-order valence-electron chi connectivity index (χ1n) is 5.99. The highest BCUT2D eigenvalue weighted by Crippen LogP contribution is 2.21. The monoisotopic (exact) mass is 280 g/mol. The summed E-state index contributed by atoms with van der Waals surface area (Å²) in [5.74, 6) is -0.518. The average molecular weight is 281 g/mol. The van der Waals surface area contributed by atoms with Crippen molar-refractivity contribution in [2.24, 2.45) is 0 Å². The molecule has 0 atom stereocenters. The Balaban J connectivity index is 2.28. The number of carbonyl (C=O) groups is 1. The van der Waals surface area contributed by atoms with E-state index >= 15 is 0 Å². The van der Waals surface area contributed by atoms with E-state index in [1.807, 2.05) is 13.8 Å². The standard InChI is InChI=1S/C14H14ClFN2O/c1-9(2)18-14(12(15)8-17-18)13(19)7-10-4-3-5-11(16)6-10/h3-6,8-9H,7H2,1-2H3. The number of hydrogen-bond donors (Lipinski definition) is 0. The van der Waals surface area contributed by atoms with E-state index in [0.717, 1.165) is 0 Å². The fourth-order valence-corrected chi connectivity index (χ4v) is 2.15. The van der Waals surface area contributed by atoms with Gasteiger partial charge in [-0.15, -0.1) is 0 Å². The first-order valence-corrected chi connectivity index (χ1v) is 6.37. The Hall–Kier alpha value is -1.68. The fourth-order valence-electron chi connectivity index (χ4n) is 1.91. The van der Waals surface area contributed by atoms with Gasteiger partial charge in [0.1, 0.15) is 11.5 Å². The zero-order chi connectivity index (χ0) is 14.0. The Labute approximate surface area is 116 Å². The molecule has 0 spiro atoms. The average Bonchev–Trinajstić information content (AvgIpc) is 2.71. The van der Waals surface area contributed by atoms with Crippen LogP contribution in [0, 0.1) is 5.82 Å². The molecule has 2 rings (SSSR count). The lowest BCUT2D eigenvalue weighted by Crippen LogP contribution is -2.14. The summed E-state index contributed by atoms with van der Waals surface area (Å²) < 4.78 is 14.7. The number of ketones is 1. The van der Waals surface area contributed by atoms with Gasteiger partial charge in [0, 0.05) is 12.5 Å². The van der Waals surface area contributed by atoms with Crippen molar-refractivity contribution in [1.29, 1.82) is 0 Å². The van der Waals surface area contributed by atoms with Crippen molar-refractivity contribution < 1.29 is 9.18 Å². The third-order valence-electron chi connectivity index (χ3n) is 2.76. The maximum absolute atomic E-state index is 13.1. The van der Waals surface area contributed by atoms with Crippen LogP contribution in [0.15, 0.2) is 30.5 Å². The molecule has 3 nitrogen and oxygen atoms in total. The maximum atomic E-state index is 13.1. The van der Waals surface area contributed by atoms with Gasteiger partial charge < -0.3 is 0 Å². The molecule has 100 valence electrons. The topological polar surface area (TPSA) is 34.9 Å². The van der Waals surface area contributed by atoms with E-state index in [9.17, 15) is 9.18 Å². The van der Waals surface area contributed by atoms with Crippen LogP contribution in [0.1, 0.15) is 35.9 Å². The Morgan fingerprint density at radius 1 is 1.47 bits per heavy atom. The highest BCUT2D eigenvalue weighted by Gasteiger charge is 2.19. The Morgan fingerprint density at radius 2 is 2.21 bits per heavy atom. The van der Waals surface area contributed by atoms with Crippen LogP contribution >= 0.6 is 11.6 Å². The summed E-state index contributed by atoms with van der Waals surface area (Å²) in [7, 11) is 0. The number of halogens is 2. The summed E-state index contributed by atoms with van der Waals surface area (Å²) in [6.07, 6.45) is 1.57. The second-order valence-electron chi connectivity index (χ2n) is 4.61. The van der Waals surface area contributed by atoms with Gasteiger partial charge in [0.15, 0.2) is 5.78 Å². The SMILES string of the molecule is CC(C)n1ncc(Cl)c1C(=O)Cc1cccc(F)c1. The molecule has 0 N–H and O–H groups in total. The summed E-state index contributed by atoms with van der Waals surface area (Å²) in [5, 5.41) is 4.41. The summed E-state index contributed by atoms with van der Waals surface area (Å²) in [4.78, 5) is 12.3. The number of benzene rings is 1. The molecule has 1 aromatic heterocycles. The second kappa shape index (κ2) is 5.53. The minimum atomic E-state index is -0.353. The first kappa shape index (κ1) is 13.7. The molecule has 0 aliphatic rings. The second-order valence-corrected chi connectivity index (χ2v) is 5.02. The number of nitrogens with zero attached hydrogens (tertiary/aromatic N) is 2. The van der Waals surface area contributed by atoms with Crippen molar-refractivity contribution in [3.63, 3.8) is 0 Å². The van der Waals surface area contributed by atoms with Crippen molar-refractivity contribution in [2.45, 2.75) is 26.3 Å². The summed E-state index contributed by atoms with van der Waals surface area (Å²) in [6.45, 7) is 3.84. The summed E-state index contributed by atoms with van der Waals surface area (Å²) in [6, 6.07) is 6.03. The van der Waals surface area contributed by atoms with Crippen LogP contribution in [-0.2, 0) is 6.42 Å². The van der Waals surface area contributed by atoms with Crippen LogP contribution < -0.4 is 0 Å². The van der Waals surface area contributed by atoms with Crippen LogP contribution in [0.3, 0.4) is 0 Å². The number of Topliss-reactive ketones (excluding diaryl/α,β-unsaturated/α-hetero) is 1. The molecule has 0 unspecified atom stereocenters. The molecule has 0 aliphatic heterocycles. The summed E-state index contributed by atoms with van der Waals surface area (Å²) in [5.41, 5.74) is 0.999. The highest BCUT2D eigenvalue weighted by atomic mass is 35.5. The van der Waals surface area contributed by atoms with E-state index in [1.165, 1.54) is 18.3 Å². The summed E-state index contributed by atoms with van der Waals surface area (Å²) >= 11 is 6.00. The Kier molecular flexibility index (Phi) is 4.00. The predicted octanol–water partition coefficient (Wildman–Crippen LogP) is 3.68. The van der Waals surface area contributed by atoms with E-state index < -0.39 is 0 Å². The van der Waals surface area contributed by atoms with E-state index in [0.29, 0.717) is 16.3 Å². The molecular formula is C14H14ClFN2O. The van der Waals surface area contributed by atoms with E-state index in [4.69, 9.17) is 11.6 Å². The molecule has 19 heavy (non-hydrogen) atoms. The smallest absolute Gasteiger partial charge is 0.186 e. The number of hydrogen-bond acceptors (Lipinski definition) is 2. The van der Waals surface area contributed by atoms with Gasteiger partial charge in [0.25, 0.3) is 0 Å². The number of rotatable bonds is 4. The normalized spacial score (nSPS) is 11.0. The Morgan fingerprint density at radius 3 is 2.84 bits per heavy atom. The minimum absolute atomic E-state index is 0.0407. The zero-order valence-electron chi connectivity index (χ0n) is 10.7. The van der Waals surface area contributed by atoms with Crippen LogP contribution in [0.5, 0.6) is 0 Å². The lowest BCUT2D eigenvalue weighted by atomic mass is 10.1. The predicted molar refractivity (Wildman–Crippen MR) is 72.1 cm³/mol. The molecule has 0 amide bonds. The quantitative estimate of drug-likeness (QED) is 0.801. The molecule has 0 aliphatic carbocycles. The van der Waals surface area contributed by atoms with Crippen LogP contribution in [0.4, 0.5) is 4.39 Å².